The highest BCUT2D eigenvalue weighted by Gasteiger charge is 2.02. The monoisotopic (exact) mass is 314 g/mol. The van der Waals surface area contributed by atoms with Crippen LogP contribution < -0.4 is 4.72 Å². The van der Waals surface area contributed by atoms with Crippen LogP contribution in [0.15, 0.2) is 64.8 Å². The number of benzene rings is 1. The van der Waals surface area contributed by atoms with E-state index in [1.807, 2.05) is 26.1 Å². The van der Waals surface area contributed by atoms with Gasteiger partial charge in [-0.3, -0.25) is 4.98 Å². The lowest BCUT2D eigenvalue weighted by molar-refractivity contribution is 1.02. The maximum atomic E-state index is 4.47. The number of hydrogen-bond acceptors (Lipinski definition) is 3. The van der Waals surface area contributed by atoms with E-state index in [1.54, 1.807) is 11.9 Å². The Morgan fingerprint density at radius 3 is 2.55 bits per heavy atom. The summed E-state index contributed by atoms with van der Waals surface area (Å²) in [7, 11) is 0. The van der Waals surface area contributed by atoms with Gasteiger partial charge in [0.1, 0.15) is 0 Å². The van der Waals surface area contributed by atoms with E-state index in [0.29, 0.717) is 0 Å². The van der Waals surface area contributed by atoms with Gasteiger partial charge in [0.15, 0.2) is 0 Å². The van der Waals surface area contributed by atoms with Crippen LogP contribution in [0.3, 0.4) is 0 Å². The van der Waals surface area contributed by atoms with E-state index >= 15 is 0 Å². The van der Waals surface area contributed by atoms with Crippen LogP contribution in [0.2, 0.25) is 0 Å². The summed E-state index contributed by atoms with van der Waals surface area (Å²) in [6.07, 6.45) is 7.09. The summed E-state index contributed by atoms with van der Waals surface area (Å²) in [6, 6.07) is 10.3. The molecular weight excluding hydrogens is 288 g/mol. The Balaban J connectivity index is 0.00000116. The summed E-state index contributed by atoms with van der Waals surface area (Å²) >= 11 is 1.62. The van der Waals surface area contributed by atoms with E-state index in [-0.39, 0.29) is 0 Å². The topological polar surface area (TPSA) is 24.9 Å². The molecular formula is C19H26N2S. The zero-order chi connectivity index (χ0) is 16.4. The third-order valence-corrected chi connectivity index (χ3v) is 3.80. The van der Waals surface area contributed by atoms with Crippen LogP contribution in [0, 0.1) is 0 Å². The highest BCUT2D eigenvalue weighted by atomic mass is 32.2. The van der Waals surface area contributed by atoms with E-state index < -0.39 is 0 Å². The van der Waals surface area contributed by atoms with Crippen molar-refractivity contribution < 1.29 is 0 Å². The maximum Gasteiger partial charge on any atom is 0.0855 e. The minimum Gasteiger partial charge on any atom is -0.329 e. The van der Waals surface area contributed by atoms with Crippen LogP contribution in [0.5, 0.6) is 0 Å². The number of fused-ring (bicyclic) bond motifs is 1. The van der Waals surface area contributed by atoms with Crippen LogP contribution >= 0.6 is 11.9 Å². The smallest absolute Gasteiger partial charge is 0.0855 e. The van der Waals surface area contributed by atoms with Gasteiger partial charge < -0.3 is 4.72 Å². The molecule has 1 heterocycles. The number of nitrogens with zero attached hydrogens (tertiary/aromatic N) is 1. The van der Waals surface area contributed by atoms with Gasteiger partial charge in [0.05, 0.1) is 10.4 Å². The zero-order valence-electron chi connectivity index (χ0n) is 14.2. The van der Waals surface area contributed by atoms with Gasteiger partial charge in [0, 0.05) is 17.3 Å². The molecule has 0 radical (unpaired) electrons. The molecule has 0 unspecified atom stereocenters. The molecule has 0 aliphatic heterocycles. The van der Waals surface area contributed by atoms with Gasteiger partial charge in [-0.05, 0) is 50.4 Å². The van der Waals surface area contributed by atoms with Crippen molar-refractivity contribution in [1.82, 2.24) is 9.71 Å². The molecule has 0 saturated carbocycles. The fourth-order valence-electron chi connectivity index (χ4n) is 1.77. The Bertz CT molecular complexity index is 635. The molecule has 1 N–H and O–H groups in total. The maximum absolute atomic E-state index is 4.47. The number of rotatable bonds is 5. The minimum atomic E-state index is 0.981. The molecule has 1 aromatic carbocycles. The van der Waals surface area contributed by atoms with Gasteiger partial charge in [0.2, 0.25) is 0 Å². The lowest BCUT2D eigenvalue weighted by atomic mass is 10.2. The Kier molecular flexibility index (Phi) is 8.38. The molecule has 0 spiro atoms. The second-order valence-electron chi connectivity index (χ2n) is 4.82. The summed E-state index contributed by atoms with van der Waals surface area (Å²) in [5.74, 6) is 0. The summed E-state index contributed by atoms with van der Waals surface area (Å²) in [5.41, 5.74) is 3.56. The molecule has 2 aromatic rings. The normalized spacial score (nSPS) is 10.7. The average Bonchev–Trinajstić information content (AvgIpc) is 2.56. The van der Waals surface area contributed by atoms with Gasteiger partial charge in [0.25, 0.3) is 0 Å². The first-order valence-corrected chi connectivity index (χ1v) is 8.63. The second-order valence-corrected chi connectivity index (χ2v) is 5.67. The second kappa shape index (κ2) is 10.1. The largest absolute Gasteiger partial charge is 0.329 e. The number of para-hydroxylation sites is 1. The van der Waals surface area contributed by atoms with Gasteiger partial charge in [-0.1, -0.05) is 50.6 Å². The van der Waals surface area contributed by atoms with E-state index in [9.17, 15) is 0 Å². The fraction of sp³-hybridized carbons (Fsp3) is 0.316. The summed E-state index contributed by atoms with van der Waals surface area (Å²) in [4.78, 5) is 5.62. The molecule has 0 aliphatic carbocycles. The Hall–Kier alpha value is -1.74. The lowest BCUT2D eigenvalue weighted by Crippen LogP contribution is -2.02. The Morgan fingerprint density at radius 1 is 1.14 bits per heavy atom. The van der Waals surface area contributed by atoms with E-state index in [4.69, 9.17) is 0 Å². The number of hydrogen-bond donors (Lipinski definition) is 1. The highest BCUT2D eigenvalue weighted by molar-refractivity contribution is 7.97. The molecule has 2 rings (SSSR count). The van der Waals surface area contributed by atoms with Crippen LogP contribution in [0.1, 0.15) is 41.0 Å². The standard InChI is InChI=1S/C17H20N2S.C2H6/c1-4-15(11-10-13(2)3)19-20-16-9-5-7-14-8-6-12-18-17(14)16;1-2/h5-12,19H,4H2,1-3H3;1-2H3/b15-11+;. The van der Waals surface area contributed by atoms with E-state index in [0.717, 1.165) is 16.8 Å². The lowest BCUT2D eigenvalue weighted by Gasteiger charge is -2.09. The van der Waals surface area contributed by atoms with Crippen molar-refractivity contribution in [2.75, 3.05) is 0 Å². The SMILES string of the molecule is CC.CC/C(=C\C=C(C)C)NSc1cccc2cccnc12. The third kappa shape index (κ3) is 5.57. The van der Waals surface area contributed by atoms with E-state index in [1.165, 1.54) is 16.7 Å². The fourth-order valence-corrected chi connectivity index (χ4v) is 2.64. The van der Waals surface area contributed by atoms with Gasteiger partial charge in [-0.2, -0.15) is 0 Å². The first-order chi connectivity index (χ1) is 10.7. The summed E-state index contributed by atoms with van der Waals surface area (Å²) in [6.45, 7) is 10.4. The van der Waals surface area contributed by atoms with E-state index in [2.05, 4.69) is 66.9 Å². The first-order valence-electron chi connectivity index (χ1n) is 7.81. The van der Waals surface area contributed by atoms with Crippen molar-refractivity contribution in [2.24, 2.45) is 0 Å². The molecule has 0 aliphatic rings. The molecule has 0 bridgehead atoms. The number of pyridine rings is 1. The first kappa shape index (κ1) is 18.3. The molecule has 0 atom stereocenters. The van der Waals surface area contributed by atoms with Gasteiger partial charge >= 0.3 is 0 Å². The zero-order valence-corrected chi connectivity index (χ0v) is 15.0. The molecule has 1 aromatic heterocycles. The third-order valence-electron chi connectivity index (χ3n) is 2.89. The van der Waals surface area contributed by atoms with Crippen molar-refractivity contribution in [3.63, 3.8) is 0 Å². The van der Waals surface area contributed by atoms with Crippen molar-refractivity contribution in [2.45, 2.75) is 45.9 Å². The molecule has 0 amide bonds. The Morgan fingerprint density at radius 2 is 1.86 bits per heavy atom. The molecule has 2 nitrogen and oxygen atoms in total. The number of nitrogens with one attached hydrogen (secondary N) is 1. The minimum absolute atomic E-state index is 0.981. The Labute approximate surface area is 138 Å². The van der Waals surface area contributed by atoms with Gasteiger partial charge in [-0.25, -0.2) is 0 Å². The van der Waals surface area contributed by atoms with Crippen molar-refractivity contribution in [1.29, 1.82) is 0 Å². The number of aromatic nitrogens is 1. The summed E-state index contributed by atoms with van der Waals surface area (Å²) < 4.78 is 3.43. The van der Waals surface area contributed by atoms with Crippen molar-refractivity contribution >= 4 is 22.9 Å². The predicted molar refractivity (Wildman–Crippen MR) is 99.9 cm³/mol. The van der Waals surface area contributed by atoms with Crippen LogP contribution in [-0.2, 0) is 0 Å². The molecule has 22 heavy (non-hydrogen) atoms. The quantitative estimate of drug-likeness (QED) is 0.531. The van der Waals surface area contributed by atoms with Crippen LogP contribution in [0.25, 0.3) is 10.9 Å². The van der Waals surface area contributed by atoms with Crippen LogP contribution in [-0.4, -0.2) is 4.98 Å². The summed E-state index contributed by atoms with van der Waals surface area (Å²) in [5, 5.41) is 1.17. The number of allylic oxidation sites excluding steroid dienone is 4. The van der Waals surface area contributed by atoms with Gasteiger partial charge in [-0.15, -0.1) is 0 Å². The molecule has 3 heteroatoms. The van der Waals surface area contributed by atoms with Crippen molar-refractivity contribution in [3.8, 4) is 0 Å². The van der Waals surface area contributed by atoms with Crippen LogP contribution in [0.4, 0.5) is 0 Å². The average molecular weight is 314 g/mol. The molecule has 0 fully saturated rings. The predicted octanol–water partition coefficient (Wildman–Crippen LogP) is 6.12. The highest BCUT2D eigenvalue weighted by Crippen LogP contribution is 2.25. The van der Waals surface area contributed by atoms with Crippen molar-refractivity contribution in [3.05, 3.63) is 60.0 Å². The molecule has 118 valence electrons. The molecule has 0 saturated heterocycles.